The van der Waals surface area contributed by atoms with Gasteiger partial charge in [-0.1, -0.05) is 19.8 Å². The van der Waals surface area contributed by atoms with Gasteiger partial charge in [-0.05, 0) is 25.7 Å². The van der Waals surface area contributed by atoms with E-state index in [0.717, 1.165) is 12.4 Å². The molecule has 1 aromatic heterocycles. The number of imidazole rings is 1. The van der Waals surface area contributed by atoms with E-state index in [9.17, 15) is 0 Å². The van der Waals surface area contributed by atoms with Gasteiger partial charge in [-0.2, -0.15) is 0 Å². The molecule has 1 atom stereocenters. The third kappa shape index (κ3) is 1.45. The van der Waals surface area contributed by atoms with Crippen LogP contribution >= 0.6 is 0 Å². The molecule has 0 amide bonds. The fourth-order valence-corrected chi connectivity index (χ4v) is 3.44. The molecule has 88 valence electrons. The summed E-state index contributed by atoms with van der Waals surface area (Å²) < 4.78 is 2.43. The molecule has 0 spiro atoms. The minimum Gasteiger partial charge on any atom is -0.382 e. The fraction of sp³-hybridized carbons (Fsp3) is 0.769. The van der Waals surface area contributed by atoms with Gasteiger partial charge in [0.25, 0.3) is 0 Å². The van der Waals surface area contributed by atoms with Gasteiger partial charge in [-0.15, -0.1) is 0 Å². The largest absolute Gasteiger partial charge is 0.382 e. The molecular weight excluding hydrogens is 198 g/mol. The number of nitrogens with zero attached hydrogens (tertiary/aromatic N) is 2. The SMILES string of the molecule is CC1CCCn2c(C3CCCC3)nc(N)c21. The van der Waals surface area contributed by atoms with Crippen molar-refractivity contribution in [3.63, 3.8) is 0 Å². The number of nitrogens with two attached hydrogens (primary N) is 1. The quantitative estimate of drug-likeness (QED) is 0.789. The first-order valence-electron chi connectivity index (χ1n) is 6.63. The van der Waals surface area contributed by atoms with Crippen molar-refractivity contribution in [2.75, 3.05) is 5.73 Å². The third-order valence-corrected chi connectivity index (χ3v) is 4.27. The summed E-state index contributed by atoms with van der Waals surface area (Å²) in [5, 5.41) is 0. The molecule has 0 aromatic carbocycles. The van der Waals surface area contributed by atoms with E-state index in [0.29, 0.717) is 11.8 Å². The van der Waals surface area contributed by atoms with E-state index in [-0.39, 0.29) is 0 Å². The maximum absolute atomic E-state index is 6.09. The van der Waals surface area contributed by atoms with Crippen LogP contribution in [0.1, 0.15) is 68.8 Å². The van der Waals surface area contributed by atoms with E-state index in [1.54, 1.807) is 0 Å². The molecule has 3 heteroatoms. The van der Waals surface area contributed by atoms with Crippen LogP contribution in [0, 0.1) is 0 Å². The summed E-state index contributed by atoms with van der Waals surface area (Å²) in [5.41, 5.74) is 7.40. The Morgan fingerprint density at radius 2 is 1.94 bits per heavy atom. The van der Waals surface area contributed by atoms with Crippen LogP contribution in [0.25, 0.3) is 0 Å². The van der Waals surface area contributed by atoms with Crippen LogP contribution in [-0.4, -0.2) is 9.55 Å². The first-order chi connectivity index (χ1) is 7.77. The number of hydrogen-bond acceptors (Lipinski definition) is 2. The lowest BCUT2D eigenvalue weighted by Gasteiger charge is -2.23. The van der Waals surface area contributed by atoms with Crippen molar-refractivity contribution in [1.29, 1.82) is 0 Å². The highest BCUT2D eigenvalue weighted by Crippen LogP contribution is 2.39. The van der Waals surface area contributed by atoms with Gasteiger partial charge in [0, 0.05) is 18.4 Å². The lowest BCUT2D eigenvalue weighted by atomic mass is 9.97. The Morgan fingerprint density at radius 1 is 1.19 bits per heavy atom. The smallest absolute Gasteiger partial charge is 0.145 e. The van der Waals surface area contributed by atoms with Crippen molar-refractivity contribution < 1.29 is 0 Å². The van der Waals surface area contributed by atoms with Crippen LogP contribution in [0.4, 0.5) is 5.82 Å². The molecule has 2 heterocycles. The van der Waals surface area contributed by atoms with E-state index in [4.69, 9.17) is 5.73 Å². The average Bonchev–Trinajstić information content (AvgIpc) is 2.86. The van der Waals surface area contributed by atoms with Gasteiger partial charge in [0.15, 0.2) is 0 Å². The lowest BCUT2D eigenvalue weighted by Crippen LogP contribution is -2.17. The Hall–Kier alpha value is -0.990. The second-order valence-electron chi connectivity index (χ2n) is 5.42. The molecule has 2 N–H and O–H groups in total. The van der Waals surface area contributed by atoms with E-state index < -0.39 is 0 Å². The Balaban J connectivity index is 2.02. The summed E-state index contributed by atoms with van der Waals surface area (Å²) in [4.78, 5) is 4.67. The Morgan fingerprint density at radius 3 is 2.69 bits per heavy atom. The van der Waals surface area contributed by atoms with E-state index in [1.165, 1.54) is 50.0 Å². The molecule has 1 unspecified atom stereocenters. The maximum atomic E-state index is 6.09. The fourth-order valence-electron chi connectivity index (χ4n) is 3.44. The van der Waals surface area contributed by atoms with Gasteiger partial charge in [0.2, 0.25) is 0 Å². The normalized spacial score (nSPS) is 25.9. The van der Waals surface area contributed by atoms with Gasteiger partial charge in [-0.3, -0.25) is 0 Å². The first kappa shape index (κ1) is 10.2. The minimum atomic E-state index is 0.594. The zero-order chi connectivity index (χ0) is 11.1. The summed E-state index contributed by atoms with van der Waals surface area (Å²) in [5.74, 6) is 3.36. The van der Waals surface area contributed by atoms with E-state index >= 15 is 0 Å². The minimum absolute atomic E-state index is 0.594. The topological polar surface area (TPSA) is 43.8 Å². The molecule has 1 aromatic rings. The Kier molecular flexibility index (Phi) is 2.41. The van der Waals surface area contributed by atoms with Crippen molar-refractivity contribution in [3.05, 3.63) is 11.5 Å². The summed E-state index contributed by atoms with van der Waals surface area (Å²) in [6.07, 6.45) is 7.89. The van der Waals surface area contributed by atoms with Crippen molar-refractivity contribution in [2.45, 2.75) is 63.8 Å². The van der Waals surface area contributed by atoms with Crippen molar-refractivity contribution in [2.24, 2.45) is 0 Å². The van der Waals surface area contributed by atoms with Gasteiger partial charge in [0.05, 0.1) is 5.69 Å². The highest BCUT2D eigenvalue weighted by Gasteiger charge is 2.28. The molecular formula is C13H21N3. The predicted octanol–water partition coefficient (Wildman–Crippen LogP) is 3.02. The van der Waals surface area contributed by atoms with Crippen molar-refractivity contribution in [3.8, 4) is 0 Å². The van der Waals surface area contributed by atoms with Crippen LogP contribution in [0.2, 0.25) is 0 Å². The number of aromatic nitrogens is 2. The summed E-state index contributed by atoms with van der Waals surface area (Å²) in [6.45, 7) is 3.41. The molecule has 1 saturated carbocycles. The summed E-state index contributed by atoms with van der Waals surface area (Å²) in [6, 6.07) is 0. The van der Waals surface area contributed by atoms with Gasteiger partial charge < -0.3 is 10.3 Å². The molecule has 1 fully saturated rings. The van der Waals surface area contributed by atoms with Gasteiger partial charge in [0.1, 0.15) is 11.6 Å². The van der Waals surface area contributed by atoms with Crippen LogP contribution in [0.3, 0.4) is 0 Å². The van der Waals surface area contributed by atoms with Gasteiger partial charge >= 0.3 is 0 Å². The number of nitrogen functional groups attached to an aromatic ring is 1. The standard InChI is InChI=1S/C13H21N3/c1-9-5-4-8-16-11(9)12(14)15-13(16)10-6-2-3-7-10/h9-10H,2-8,14H2,1H3. The third-order valence-electron chi connectivity index (χ3n) is 4.27. The first-order valence-corrected chi connectivity index (χ1v) is 6.63. The van der Waals surface area contributed by atoms with E-state index in [2.05, 4.69) is 16.5 Å². The molecule has 16 heavy (non-hydrogen) atoms. The highest BCUT2D eigenvalue weighted by molar-refractivity contribution is 5.41. The van der Waals surface area contributed by atoms with Gasteiger partial charge in [-0.25, -0.2) is 4.98 Å². The molecule has 0 saturated heterocycles. The second kappa shape index (κ2) is 3.79. The number of rotatable bonds is 1. The summed E-state index contributed by atoms with van der Waals surface area (Å²) in [7, 11) is 0. The lowest BCUT2D eigenvalue weighted by molar-refractivity contribution is 0.451. The molecule has 3 rings (SSSR count). The zero-order valence-corrected chi connectivity index (χ0v) is 10.1. The average molecular weight is 219 g/mol. The number of anilines is 1. The summed E-state index contributed by atoms with van der Waals surface area (Å²) >= 11 is 0. The maximum Gasteiger partial charge on any atom is 0.145 e. The number of hydrogen-bond donors (Lipinski definition) is 1. The van der Waals surface area contributed by atoms with Crippen LogP contribution in [-0.2, 0) is 6.54 Å². The number of fused-ring (bicyclic) bond motifs is 1. The zero-order valence-electron chi connectivity index (χ0n) is 10.1. The molecule has 1 aliphatic carbocycles. The monoisotopic (exact) mass is 219 g/mol. The van der Waals surface area contributed by atoms with Crippen LogP contribution < -0.4 is 5.73 Å². The Labute approximate surface area is 97.0 Å². The molecule has 0 radical (unpaired) electrons. The highest BCUT2D eigenvalue weighted by atomic mass is 15.1. The van der Waals surface area contributed by atoms with Crippen molar-refractivity contribution in [1.82, 2.24) is 9.55 Å². The molecule has 0 bridgehead atoms. The second-order valence-corrected chi connectivity index (χ2v) is 5.42. The van der Waals surface area contributed by atoms with Crippen LogP contribution in [0.5, 0.6) is 0 Å². The molecule has 2 aliphatic rings. The van der Waals surface area contributed by atoms with Crippen LogP contribution in [0.15, 0.2) is 0 Å². The molecule has 3 nitrogen and oxygen atoms in total. The van der Waals surface area contributed by atoms with Crippen molar-refractivity contribution >= 4 is 5.82 Å². The Bertz CT molecular complexity index is 388. The predicted molar refractivity (Wildman–Crippen MR) is 65.5 cm³/mol. The molecule has 1 aliphatic heterocycles. The van der Waals surface area contributed by atoms with E-state index in [1.807, 2.05) is 0 Å².